The number of primary amides is 1. The third-order valence-electron chi connectivity index (χ3n) is 10.3. The fourth-order valence-corrected chi connectivity index (χ4v) is 7.73. The van der Waals surface area contributed by atoms with Crippen molar-refractivity contribution in [3.05, 3.63) is 54.1 Å². The van der Waals surface area contributed by atoms with Crippen LogP contribution in [0, 0.1) is 5.92 Å². The van der Waals surface area contributed by atoms with E-state index >= 15 is 0 Å². The Morgan fingerprint density at radius 2 is 1.50 bits per heavy atom. The summed E-state index contributed by atoms with van der Waals surface area (Å²) in [6.07, 6.45) is 9.87. The van der Waals surface area contributed by atoms with Crippen LogP contribution in [-0.4, -0.2) is 114 Å². The first-order valence-corrected chi connectivity index (χ1v) is 22.1. The van der Waals surface area contributed by atoms with Crippen LogP contribution in [0.2, 0.25) is 0 Å². The van der Waals surface area contributed by atoms with Crippen LogP contribution in [0.15, 0.2) is 42.9 Å². The van der Waals surface area contributed by atoms with Crippen LogP contribution in [-0.2, 0) is 57.2 Å². The number of imidazole rings is 1. The number of phosphoric ester groups is 1. The zero-order valence-corrected chi connectivity index (χ0v) is 35.9. The molecule has 19 nitrogen and oxygen atoms in total. The van der Waals surface area contributed by atoms with E-state index in [1.807, 2.05) is 36.6 Å². The molecule has 6 atom stereocenters. The number of nitrogens with zero attached hydrogens (tertiary/aromatic N) is 3. The molecule has 20 heteroatoms. The number of hydrogen-bond acceptors (Lipinski definition) is 10. The normalized spacial score (nSPS) is 16.7. The maximum Gasteiger partial charge on any atom is 0.469 e. The highest BCUT2D eigenvalue weighted by Gasteiger charge is 2.37. The molecule has 60 heavy (non-hydrogen) atoms. The molecule has 0 radical (unpaired) electrons. The van der Waals surface area contributed by atoms with Crippen molar-refractivity contribution in [1.29, 1.82) is 0 Å². The summed E-state index contributed by atoms with van der Waals surface area (Å²) in [5.41, 5.74) is 7.25. The number of aliphatic hydroxyl groups is 1. The number of amides is 6. The van der Waals surface area contributed by atoms with Gasteiger partial charge >= 0.3 is 7.82 Å². The Morgan fingerprint density at radius 3 is 2.12 bits per heavy atom. The number of carbonyl (C=O) groups excluding carboxylic acids is 6. The van der Waals surface area contributed by atoms with Crippen molar-refractivity contribution < 1.29 is 52.7 Å². The van der Waals surface area contributed by atoms with Crippen LogP contribution < -0.4 is 27.0 Å². The molecule has 0 saturated carbocycles. The third kappa shape index (κ3) is 16.8. The number of likely N-dealkylation sites (tertiary alicyclic amines) is 1. The minimum Gasteiger partial charge on any atom is -0.394 e. The maximum absolute atomic E-state index is 14.0. The Morgan fingerprint density at radius 1 is 0.883 bits per heavy atom. The largest absolute Gasteiger partial charge is 0.469 e. The number of hydrogen-bond donors (Lipinski definition) is 8. The summed E-state index contributed by atoms with van der Waals surface area (Å²) in [6, 6.07) is 3.63. The number of aryl methyl sites for hydroxylation is 2. The summed E-state index contributed by atoms with van der Waals surface area (Å²) in [7, 11) is -5.11. The number of rotatable bonds is 26. The van der Waals surface area contributed by atoms with Gasteiger partial charge in [-0.05, 0) is 56.9 Å². The molecule has 334 valence electrons. The highest BCUT2D eigenvalue weighted by Crippen LogP contribution is 2.38. The van der Waals surface area contributed by atoms with Crippen LogP contribution in [0.25, 0.3) is 0 Å². The van der Waals surface area contributed by atoms with E-state index < -0.39 is 80.3 Å². The number of aliphatic hydroxyl groups excluding tert-OH is 1. The lowest BCUT2D eigenvalue weighted by molar-refractivity contribution is -0.139. The predicted octanol–water partition coefficient (Wildman–Crippen LogP) is 0.981. The molecule has 0 bridgehead atoms. The lowest BCUT2D eigenvalue weighted by atomic mass is 10.0. The van der Waals surface area contributed by atoms with Crippen molar-refractivity contribution in [2.24, 2.45) is 11.7 Å². The van der Waals surface area contributed by atoms with Crippen LogP contribution in [0.1, 0.15) is 96.7 Å². The van der Waals surface area contributed by atoms with E-state index in [9.17, 15) is 48.2 Å². The summed E-state index contributed by atoms with van der Waals surface area (Å²) >= 11 is 0. The number of carbonyl (C=O) groups is 6. The second-order valence-electron chi connectivity index (χ2n) is 15.7. The van der Waals surface area contributed by atoms with E-state index in [1.54, 1.807) is 12.5 Å². The second kappa shape index (κ2) is 24.5. The number of aromatic nitrogens is 2. The highest BCUT2D eigenvalue weighted by atomic mass is 31.2. The van der Waals surface area contributed by atoms with Gasteiger partial charge in [0, 0.05) is 38.3 Å². The van der Waals surface area contributed by atoms with Gasteiger partial charge in [-0.15, -0.1) is 0 Å². The van der Waals surface area contributed by atoms with Gasteiger partial charge in [0.15, 0.2) is 0 Å². The van der Waals surface area contributed by atoms with Crippen LogP contribution in [0.4, 0.5) is 0 Å². The molecule has 9 N–H and O–H groups in total. The molecule has 3 rings (SSSR count). The molecule has 1 unspecified atom stereocenters. The monoisotopic (exact) mass is 862 g/mol. The van der Waals surface area contributed by atoms with Gasteiger partial charge in [0.05, 0.1) is 19.0 Å². The zero-order valence-electron chi connectivity index (χ0n) is 35.0. The Bertz CT molecular complexity index is 1770. The number of nitrogens with one attached hydrogen (secondary N) is 4. The van der Waals surface area contributed by atoms with Crippen molar-refractivity contribution in [3.8, 4) is 0 Å². The Balaban J connectivity index is 1.76. The first kappa shape index (κ1) is 49.7. The van der Waals surface area contributed by atoms with Crippen molar-refractivity contribution in [2.75, 3.05) is 13.2 Å². The smallest absolute Gasteiger partial charge is 0.394 e. The van der Waals surface area contributed by atoms with Crippen LogP contribution in [0.3, 0.4) is 0 Å². The van der Waals surface area contributed by atoms with E-state index in [2.05, 4.69) is 42.9 Å². The summed E-state index contributed by atoms with van der Waals surface area (Å²) in [6.45, 7) is 6.17. The Kier molecular flexibility index (Phi) is 20.3. The average molecular weight is 863 g/mol. The summed E-state index contributed by atoms with van der Waals surface area (Å²) < 4.78 is 17.7. The fourth-order valence-electron chi connectivity index (χ4n) is 7.18. The molecular formula is C40H63N8O11P. The molecule has 1 aliphatic heterocycles. The third-order valence-corrected chi connectivity index (χ3v) is 10.9. The molecule has 0 spiro atoms. The summed E-state index contributed by atoms with van der Waals surface area (Å²) in [4.78, 5) is 103. The predicted molar refractivity (Wildman–Crippen MR) is 220 cm³/mol. The SMILES string of the molecule is CC(=O)N1CCC[C@H]1C(=O)N[C@@H](CC(C)C)C(=O)N[C@@H](Cc1cncn1CCCCCCCCc1ccccc1)C(=O)N[C@@H](CO)C(=O)NC(C(N)=O)[C@@H](C)OP(=O)(O)O. The maximum atomic E-state index is 14.0. The first-order valence-electron chi connectivity index (χ1n) is 20.6. The van der Waals surface area contributed by atoms with E-state index in [-0.39, 0.29) is 24.7 Å². The highest BCUT2D eigenvalue weighted by molar-refractivity contribution is 7.46. The molecule has 1 saturated heterocycles. The van der Waals surface area contributed by atoms with Gasteiger partial charge in [-0.2, -0.15) is 0 Å². The Labute approximate surface area is 351 Å². The molecule has 6 amide bonds. The lowest BCUT2D eigenvalue weighted by Gasteiger charge is -2.28. The summed E-state index contributed by atoms with van der Waals surface area (Å²) in [5, 5.41) is 20.2. The standard InChI is InChI=1S/C40H63N8O11P/c1-26(2)21-31(44-40(55)34-18-14-20-48(34)28(4)50)37(52)43-32(38(53)45-33(24-49)39(54)46-35(36(41)51)27(3)59-60(56,57)58)22-30-23-42-25-47(30)19-13-8-6-5-7-10-15-29-16-11-9-12-17-29/h9,11-12,16-17,23,25-27,31-35,49H,5-8,10,13-15,18-22,24H2,1-4H3,(H2,41,51)(H,43,52)(H,44,55)(H,45,53)(H,46,54)(H2,56,57,58)/t27-,31+,32+,33+,34+,35?/m1/s1. The minimum atomic E-state index is -5.11. The first-order chi connectivity index (χ1) is 28.4. The number of unbranched alkanes of at least 4 members (excludes halogenated alkanes) is 5. The second-order valence-corrected chi connectivity index (χ2v) is 16.9. The minimum absolute atomic E-state index is 0.0799. The average Bonchev–Trinajstić information content (AvgIpc) is 3.86. The van der Waals surface area contributed by atoms with E-state index in [0.717, 1.165) is 51.9 Å². The topological polar surface area (TPSA) is 285 Å². The molecule has 2 aromatic rings. The van der Waals surface area contributed by atoms with Crippen LogP contribution >= 0.6 is 7.82 Å². The molecular weight excluding hydrogens is 799 g/mol. The van der Waals surface area contributed by atoms with E-state index in [4.69, 9.17) is 5.73 Å². The van der Waals surface area contributed by atoms with Crippen molar-refractivity contribution >= 4 is 43.3 Å². The van der Waals surface area contributed by atoms with Gasteiger partial charge in [-0.1, -0.05) is 69.9 Å². The quantitative estimate of drug-likeness (QED) is 0.0486. The lowest BCUT2D eigenvalue weighted by Crippen LogP contribution is -2.61. The van der Waals surface area contributed by atoms with Gasteiger partial charge in [0.25, 0.3) is 0 Å². The molecule has 1 aliphatic rings. The van der Waals surface area contributed by atoms with Crippen LogP contribution in [0.5, 0.6) is 0 Å². The molecule has 1 aromatic carbocycles. The number of benzene rings is 1. The van der Waals surface area contributed by atoms with Gasteiger partial charge in [0.1, 0.15) is 30.2 Å². The van der Waals surface area contributed by atoms with Crippen molar-refractivity contribution in [2.45, 2.75) is 141 Å². The number of nitrogens with two attached hydrogens (primary N) is 1. The Hall–Kier alpha value is -4.68. The van der Waals surface area contributed by atoms with E-state index in [1.165, 1.54) is 17.4 Å². The molecule has 0 aliphatic carbocycles. The summed E-state index contributed by atoms with van der Waals surface area (Å²) in [5.74, 6) is -4.81. The molecule has 1 fully saturated rings. The molecule has 2 heterocycles. The van der Waals surface area contributed by atoms with E-state index in [0.29, 0.717) is 31.6 Å². The van der Waals surface area contributed by atoms with Gasteiger partial charge in [-0.3, -0.25) is 33.3 Å². The van der Waals surface area contributed by atoms with Gasteiger partial charge in [0.2, 0.25) is 35.4 Å². The fraction of sp³-hybridized carbons (Fsp3) is 0.625. The zero-order chi connectivity index (χ0) is 44.4. The number of phosphoric acid groups is 1. The van der Waals surface area contributed by atoms with Crippen molar-refractivity contribution in [1.82, 2.24) is 35.7 Å². The van der Waals surface area contributed by atoms with Crippen molar-refractivity contribution in [3.63, 3.8) is 0 Å². The van der Waals surface area contributed by atoms with Gasteiger partial charge < -0.3 is 51.4 Å². The molecule has 1 aromatic heterocycles. The van der Waals surface area contributed by atoms with Gasteiger partial charge in [-0.25, -0.2) is 9.55 Å².